The van der Waals surface area contributed by atoms with Gasteiger partial charge in [-0.2, -0.15) is 0 Å². The van der Waals surface area contributed by atoms with E-state index in [-0.39, 0.29) is 6.61 Å². The third-order valence-electron chi connectivity index (χ3n) is 3.38. The van der Waals surface area contributed by atoms with E-state index in [2.05, 4.69) is 4.72 Å². The number of sulfonamides is 1. The molecule has 0 radical (unpaired) electrons. The molecule has 0 saturated carbocycles. The first kappa shape index (κ1) is 17.7. The lowest BCUT2D eigenvalue weighted by atomic mass is 10.0. The Hall–Kier alpha value is -1.33. The molecule has 0 saturated heterocycles. The molecule has 0 fully saturated rings. The molecule has 0 aromatic heterocycles. The number of rotatable bonds is 5. The summed E-state index contributed by atoms with van der Waals surface area (Å²) in [7, 11) is -3.46. The first-order chi connectivity index (χ1) is 9.58. The Morgan fingerprint density at radius 3 is 2.24 bits per heavy atom. The molecule has 0 heterocycles. The monoisotopic (exact) mass is 311 g/mol. The molecule has 1 aromatic carbocycles. The van der Waals surface area contributed by atoms with Gasteiger partial charge >= 0.3 is 0 Å². The van der Waals surface area contributed by atoms with Crippen LogP contribution in [0.2, 0.25) is 0 Å². The van der Waals surface area contributed by atoms with Crippen LogP contribution in [0.5, 0.6) is 0 Å². The van der Waals surface area contributed by atoms with Gasteiger partial charge in [0, 0.05) is 0 Å². The second-order valence-electron chi connectivity index (χ2n) is 6.17. The van der Waals surface area contributed by atoms with Gasteiger partial charge in [0.05, 0.1) is 17.0 Å². The fourth-order valence-electron chi connectivity index (χ4n) is 1.72. The average Bonchev–Trinajstić information content (AvgIpc) is 2.33. The van der Waals surface area contributed by atoms with Crippen LogP contribution in [0, 0.1) is 13.8 Å². The summed E-state index contributed by atoms with van der Waals surface area (Å²) in [5, 5.41) is 8.81. The number of aliphatic hydroxyl groups excluding tert-OH is 1. The van der Waals surface area contributed by atoms with Crippen molar-refractivity contribution in [2.24, 2.45) is 0 Å². The Morgan fingerprint density at radius 2 is 1.71 bits per heavy atom. The Labute approximate surface area is 127 Å². The van der Waals surface area contributed by atoms with Gasteiger partial charge in [0.25, 0.3) is 0 Å². The van der Waals surface area contributed by atoms with Gasteiger partial charge in [-0.25, -0.2) is 8.42 Å². The second kappa shape index (κ2) is 6.62. The molecule has 0 spiro atoms. The van der Waals surface area contributed by atoms with Crippen molar-refractivity contribution in [3.63, 3.8) is 0 Å². The van der Waals surface area contributed by atoms with E-state index >= 15 is 0 Å². The molecule has 0 bridgehead atoms. The number of allylic oxidation sites excluding steroid dienone is 1. The Kier molecular flexibility index (Phi) is 5.59. The van der Waals surface area contributed by atoms with E-state index in [1.54, 1.807) is 26.8 Å². The predicted octanol–water partition coefficient (Wildman–Crippen LogP) is 2.93. The van der Waals surface area contributed by atoms with Gasteiger partial charge in [-0.3, -0.25) is 4.72 Å². The quantitative estimate of drug-likeness (QED) is 0.822. The molecule has 5 heteroatoms. The van der Waals surface area contributed by atoms with Crippen molar-refractivity contribution in [3.05, 3.63) is 41.0 Å². The molecule has 0 unspecified atom stereocenters. The van der Waals surface area contributed by atoms with Gasteiger partial charge in [0.15, 0.2) is 0 Å². The van der Waals surface area contributed by atoms with E-state index in [1.807, 2.05) is 32.1 Å². The lowest BCUT2D eigenvalue weighted by Gasteiger charge is -2.22. The van der Waals surface area contributed by atoms with Gasteiger partial charge in [-0.1, -0.05) is 18.2 Å². The van der Waals surface area contributed by atoms with Crippen LogP contribution in [-0.2, 0) is 16.4 Å². The fourth-order valence-corrected chi connectivity index (χ4v) is 2.51. The molecular weight excluding hydrogens is 286 g/mol. The van der Waals surface area contributed by atoms with E-state index in [9.17, 15) is 8.42 Å². The van der Waals surface area contributed by atoms with E-state index < -0.39 is 14.8 Å². The predicted molar refractivity (Wildman–Crippen MR) is 88.1 cm³/mol. The van der Waals surface area contributed by atoms with Gasteiger partial charge in [-0.05, 0) is 63.8 Å². The van der Waals surface area contributed by atoms with Gasteiger partial charge < -0.3 is 5.11 Å². The maximum atomic E-state index is 12.3. The highest BCUT2D eigenvalue weighted by Gasteiger charge is 2.29. The lowest BCUT2D eigenvalue weighted by molar-refractivity contribution is 0.342. The number of anilines is 1. The molecule has 0 atom stereocenters. The highest BCUT2D eigenvalue weighted by molar-refractivity contribution is 7.94. The van der Waals surface area contributed by atoms with Crippen molar-refractivity contribution >= 4 is 15.7 Å². The zero-order chi connectivity index (χ0) is 16.3. The van der Waals surface area contributed by atoms with Crippen molar-refractivity contribution in [1.82, 2.24) is 0 Å². The summed E-state index contributed by atoms with van der Waals surface area (Å²) in [4.78, 5) is 0. The van der Waals surface area contributed by atoms with Crippen LogP contribution < -0.4 is 4.72 Å². The number of nitrogens with one attached hydrogen (secondary N) is 1. The van der Waals surface area contributed by atoms with E-state index in [0.29, 0.717) is 12.1 Å². The zero-order valence-electron chi connectivity index (χ0n) is 13.4. The zero-order valence-corrected chi connectivity index (χ0v) is 14.2. The minimum atomic E-state index is -3.46. The summed E-state index contributed by atoms with van der Waals surface area (Å²) >= 11 is 0. The van der Waals surface area contributed by atoms with Crippen LogP contribution in [0.4, 0.5) is 5.69 Å². The molecule has 21 heavy (non-hydrogen) atoms. The maximum Gasteiger partial charge on any atom is 0.237 e. The van der Waals surface area contributed by atoms with Crippen molar-refractivity contribution < 1.29 is 13.5 Å². The van der Waals surface area contributed by atoms with Crippen molar-refractivity contribution in [2.75, 3.05) is 11.3 Å². The van der Waals surface area contributed by atoms with Crippen LogP contribution in [0.3, 0.4) is 0 Å². The van der Waals surface area contributed by atoms with Crippen molar-refractivity contribution in [1.29, 1.82) is 0 Å². The molecule has 1 aromatic rings. The average molecular weight is 311 g/mol. The Bertz CT molecular complexity index is 626. The topological polar surface area (TPSA) is 66.4 Å². The largest absolute Gasteiger partial charge is 0.392 e. The van der Waals surface area contributed by atoms with Crippen molar-refractivity contribution in [2.45, 2.75) is 45.8 Å². The van der Waals surface area contributed by atoms with Crippen molar-refractivity contribution in [3.8, 4) is 0 Å². The molecule has 2 N–H and O–H groups in total. The summed E-state index contributed by atoms with van der Waals surface area (Å²) in [6.07, 6.45) is 4.06. The van der Waals surface area contributed by atoms with Crippen LogP contribution in [0.15, 0.2) is 24.3 Å². The minimum Gasteiger partial charge on any atom is -0.392 e. The molecule has 0 aliphatic carbocycles. The third-order valence-corrected chi connectivity index (χ3v) is 5.48. The summed E-state index contributed by atoms with van der Waals surface area (Å²) in [6, 6.07) is 3.85. The highest BCUT2D eigenvalue weighted by atomic mass is 32.2. The van der Waals surface area contributed by atoms with E-state index in [4.69, 9.17) is 5.11 Å². The molecule has 118 valence electrons. The summed E-state index contributed by atoms with van der Waals surface area (Å²) in [5.41, 5.74) is 3.66. The Balaban J connectivity index is 3.22. The van der Waals surface area contributed by atoms with Gasteiger partial charge in [0.2, 0.25) is 10.0 Å². The van der Waals surface area contributed by atoms with E-state index in [0.717, 1.165) is 16.7 Å². The van der Waals surface area contributed by atoms with Crippen LogP contribution in [0.25, 0.3) is 0 Å². The number of benzene rings is 1. The smallest absolute Gasteiger partial charge is 0.237 e. The number of hydrogen-bond acceptors (Lipinski definition) is 3. The molecule has 1 rings (SSSR count). The summed E-state index contributed by atoms with van der Waals surface area (Å²) in [6.45, 7) is 8.94. The molecule has 0 aliphatic rings. The summed E-state index contributed by atoms with van der Waals surface area (Å²) in [5.74, 6) is 0. The first-order valence-corrected chi connectivity index (χ1v) is 8.45. The second-order valence-corrected chi connectivity index (χ2v) is 8.61. The minimum absolute atomic E-state index is 0.0199. The fraction of sp³-hybridized carbons (Fsp3) is 0.500. The normalized spacial score (nSPS) is 12.9. The maximum absolute atomic E-state index is 12.3. The van der Waals surface area contributed by atoms with Gasteiger partial charge in [0.1, 0.15) is 0 Å². The van der Waals surface area contributed by atoms with E-state index in [1.165, 1.54) is 0 Å². The third kappa shape index (κ3) is 4.58. The molecule has 0 aliphatic heterocycles. The highest BCUT2D eigenvalue weighted by Crippen LogP contribution is 2.26. The first-order valence-electron chi connectivity index (χ1n) is 6.97. The van der Waals surface area contributed by atoms with Crippen LogP contribution in [0.1, 0.15) is 37.5 Å². The number of hydrogen-bond donors (Lipinski definition) is 2. The number of aliphatic hydroxyl groups is 1. The van der Waals surface area contributed by atoms with Gasteiger partial charge in [-0.15, -0.1) is 0 Å². The van der Waals surface area contributed by atoms with Crippen LogP contribution >= 0.6 is 0 Å². The number of aryl methyl sites for hydroxylation is 2. The lowest BCUT2D eigenvalue weighted by Crippen LogP contribution is -2.34. The standard InChI is InChI=1S/C16H25NO3S/c1-12-10-14(8-6-7-9-18)15(11-13(12)2)17-21(19,20)16(3,4)5/h6-7,10-11,17-18H,8-9H2,1-5H3/b7-6+. The molecule has 0 amide bonds. The SMILES string of the molecule is Cc1cc(C/C=C/CO)c(NS(=O)(=O)C(C)(C)C)cc1C. The van der Waals surface area contributed by atoms with Crippen LogP contribution in [-0.4, -0.2) is 24.9 Å². The molecular formula is C16H25NO3S. The molecule has 4 nitrogen and oxygen atoms in total. The Morgan fingerprint density at radius 1 is 1.14 bits per heavy atom. The summed E-state index contributed by atoms with van der Waals surface area (Å²) < 4.78 is 26.5.